The molecule has 4 nitrogen and oxygen atoms in total. The van der Waals surface area contributed by atoms with E-state index in [4.69, 9.17) is 10.3 Å². The Balaban J connectivity index is 2.83. The van der Waals surface area contributed by atoms with Crippen LogP contribution in [0.1, 0.15) is 19.4 Å². The van der Waals surface area contributed by atoms with E-state index in [2.05, 4.69) is 10.0 Å². The van der Waals surface area contributed by atoms with Crippen molar-refractivity contribution in [2.45, 2.75) is 26.5 Å². The lowest BCUT2D eigenvalue weighted by Gasteiger charge is -2.20. The van der Waals surface area contributed by atoms with Gasteiger partial charge in [-0.1, -0.05) is 12.1 Å². The molecule has 0 amide bonds. The Morgan fingerprint density at radius 3 is 2.71 bits per heavy atom. The zero-order chi connectivity index (χ0) is 10.6. The second kappa shape index (κ2) is 4.03. The molecule has 14 heavy (non-hydrogen) atoms. The van der Waals surface area contributed by atoms with Gasteiger partial charge in [0.2, 0.25) is 0 Å². The van der Waals surface area contributed by atoms with E-state index < -0.39 is 5.72 Å². The van der Waals surface area contributed by atoms with E-state index in [0.29, 0.717) is 5.75 Å². The van der Waals surface area contributed by atoms with Crippen LogP contribution in [0, 0.1) is 6.92 Å². The normalized spacial score (nSPS) is 10.5. The lowest BCUT2D eigenvalue weighted by molar-refractivity contribution is 0.117. The fourth-order valence-corrected chi connectivity index (χ4v) is 1.10. The first-order valence-electron chi connectivity index (χ1n) is 4.35. The molecule has 0 bridgehead atoms. The van der Waals surface area contributed by atoms with Gasteiger partial charge in [0, 0.05) is 4.91 Å². The van der Waals surface area contributed by atoms with E-state index in [-0.39, 0.29) is 0 Å². The minimum Gasteiger partial charge on any atom is -0.482 e. The van der Waals surface area contributed by atoms with Crippen LogP contribution in [0.2, 0.25) is 0 Å². The molecular weight excluding hydrogens is 178 g/mol. The lowest BCUT2D eigenvalue weighted by Crippen LogP contribution is -2.24. The minimum atomic E-state index is -0.845. The fourth-order valence-electron chi connectivity index (χ4n) is 1.10. The van der Waals surface area contributed by atoms with Crippen molar-refractivity contribution >= 4 is 0 Å². The van der Waals surface area contributed by atoms with E-state index in [1.165, 1.54) is 0 Å². The predicted octanol–water partition coefficient (Wildman–Crippen LogP) is 3.42. The van der Waals surface area contributed by atoms with Gasteiger partial charge in [0.15, 0.2) is 5.72 Å². The van der Waals surface area contributed by atoms with E-state index >= 15 is 0 Å². The van der Waals surface area contributed by atoms with Gasteiger partial charge in [-0.2, -0.15) is 0 Å². The summed E-state index contributed by atoms with van der Waals surface area (Å²) in [4.78, 5) is 2.73. The predicted molar refractivity (Wildman–Crippen MR) is 55.0 cm³/mol. The van der Waals surface area contributed by atoms with Gasteiger partial charge >= 0.3 is 0 Å². The van der Waals surface area contributed by atoms with Crippen LogP contribution in [-0.4, -0.2) is 5.72 Å². The summed E-state index contributed by atoms with van der Waals surface area (Å²) in [6.07, 6.45) is 0. The van der Waals surface area contributed by atoms with Crippen molar-refractivity contribution in [1.82, 2.24) is 0 Å². The van der Waals surface area contributed by atoms with Gasteiger partial charge in [0.25, 0.3) is 0 Å². The first-order valence-corrected chi connectivity index (χ1v) is 4.35. The van der Waals surface area contributed by atoms with E-state index in [1.807, 2.05) is 31.2 Å². The summed E-state index contributed by atoms with van der Waals surface area (Å²) in [5.41, 5.74) is 8.58. The monoisotopic (exact) mass is 191 g/mol. The average Bonchev–Trinajstić information content (AvgIpc) is 2.02. The molecule has 0 atom stereocenters. The van der Waals surface area contributed by atoms with Gasteiger partial charge in [0.05, 0.1) is 0 Å². The molecule has 74 valence electrons. The van der Waals surface area contributed by atoms with E-state index in [9.17, 15) is 0 Å². The highest BCUT2D eigenvalue weighted by Crippen LogP contribution is 2.20. The molecular formula is C10H13N3O. The molecule has 0 radical (unpaired) electrons. The molecule has 0 saturated carbocycles. The zero-order valence-corrected chi connectivity index (χ0v) is 8.56. The second-order valence-corrected chi connectivity index (χ2v) is 3.55. The van der Waals surface area contributed by atoms with Gasteiger partial charge in [-0.25, -0.2) is 0 Å². The smallest absolute Gasteiger partial charge is 0.182 e. The minimum absolute atomic E-state index is 0.711. The van der Waals surface area contributed by atoms with Gasteiger partial charge in [-0.05, 0) is 49.1 Å². The number of ether oxygens (including phenoxy) is 1. The van der Waals surface area contributed by atoms with Gasteiger partial charge in [0.1, 0.15) is 5.75 Å². The highest BCUT2D eigenvalue weighted by Gasteiger charge is 2.16. The van der Waals surface area contributed by atoms with Crippen LogP contribution < -0.4 is 4.74 Å². The molecule has 0 N–H and O–H groups in total. The Labute approximate surface area is 83.1 Å². The molecule has 0 fully saturated rings. The van der Waals surface area contributed by atoms with Crippen LogP contribution in [-0.2, 0) is 0 Å². The SMILES string of the molecule is Cc1cccc(OC(C)(C)N=[N+]=[N-])c1. The van der Waals surface area contributed by atoms with Crippen LogP contribution in [0.25, 0.3) is 10.4 Å². The quantitative estimate of drug-likeness (QED) is 0.410. The first kappa shape index (κ1) is 10.4. The van der Waals surface area contributed by atoms with Crippen LogP contribution in [0.15, 0.2) is 29.4 Å². The fraction of sp³-hybridized carbons (Fsp3) is 0.400. The van der Waals surface area contributed by atoms with Gasteiger partial charge < -0.3 is 4.74 Å². The van der Waals surface area contributed by atoms with Crippen molar-refractivity contribution in [3.8, 4) is 5.75 Å². The van der Waals surface area contributed by atoms with E-state index in [1.54, 1.807) is 13.8 Å². The molecule has 1 rings (SSSR count). The van der Waals surface area contributed by atoms with Crippen molar-refractivity contribution in [3.05, 3.63) is 40.3 Å². The highest BCUT2D eigenvalue weighted by molar-refractivity contribution is 5.27. The van der Waals surface area contributed by atoms with Gasteiger partial charge in [-0.3, -0.25) is 0 Å². The van der Waals surface area contributed by atoms with Crippen molar-refractivity contribution in [3.63, 3.8) is 0 Å². The zero-order valence-electron chi connectivity index (χ0n) is 8.56. The first-order chi connectivity index (χ1) is 6.53. The van der Waals surface area contributed by atoms with Crippen molar-refractivity contribution in [2.24, 2.45) is 5.11 Å². The Hall–Kier alpha value is -1.67. The third-order valence-electron chi connectivity index (χ3n) is 1.64. The summed E-state index contributed by atoms with van der Waals surface area (Å²) in [5, 5.41) is 3.54. The number of aryl methyl sites for hydroxylation is 1. The van der Waals surface area contributed by atoms with E-state index in [0.717, 1.165) is 5.56 Å². The molecule has 1 aromatic rings. The molecule has 0 saturated heterocycles. The largest absolute Gasteiger partial charge is 0.482 e. The summed E-state index contributed by atoms with van der Waals surface area (Å²) in [6, 6.07) is 7.61. The maximum absolute atomic E-state index is 8.31. The summed E-state index contributed by atoms with van der Waals surface area (Å²) in [5.74, 6) is 0.711. The number of nitrogens with zero attached hydrogens (tertiary/aromatic N) is 3. The molecule has 0 aliphatic rings. The Kier molecular flexibility index (Phi) is 2.99. The molecule has 0 aliphatic heterocycles. The third-order valence-corrected chi connectivity index (χ3v) is 1.64. The van der Waals surface area contributed by atoms with Crippen molar-refractivity contribution < 1.29 is 4.74 Å². The molecule has 1 aromatic carbocycles. The molecule has 4 heteroatoms. The summed E-state index contributed by atoms with van der Waals surface area (Å²) < 4.78 is 5.50. The standard InChI is InChI=1S/C10H13N3O/c1-8-5-4-6-9(7-8)14-10(2,3)12-13-11/h4-7H,1-3H3. The molecule has 0 aliphatic carbocycles. The number of benzene rings is 1. The Bertz CT molecular complexity index is 367. The maximum atomic E-state index is 8.31. The number of hydrogen-bond acceptors (Lipinski definition) is 2. The number of azide groups is 1. The summed E-state index contributed by atoms with van der Waals surface area (Å²) >= 11 is 0. The average molecular weight is 191 g/mol. The second-order valence-electron chi connectivity index (χ2n) is 3.55. The number of rotatable bonds is 3. The Morgan fingerprint density at radius 2 is 2.14 bits per heavy atom. The summed E-state index contributed by atoms with van der Waals surface area (Å²) in [7, 11) is 0. The molecule has 0 heterocycles. The molecule has 0 unspecified atom stereocenters. The van der Waals surface area contributed by atoms with Crippen LogP contribution in [0.3, 0.4) is 0 Å². The maximum Gasteiger partial charge on any atom is 0.182 e. The van der Waals surface area contributed by atoms with Crippen LogP contribution in [0.4, 0.5) is 0 Å². The topological polar surface area (TPSA) is 58.0 Å². The lowest BCUT2D eigenvalue weighted by atomic mass is 10.2. The molecule has 0 spiro atoms. The van der Waals surface area contributed by atoms with Gasteiger partial charge in [-0.15, -0.1) is 0 Å². The summed E-state index contributed by atoms with van der Waals surface area (Å²) in [6.45, 7) is 5.41. The molecule has 0 aromatic heterocycles. The van der Waals surface area contributed by atoms with Crippen molar-refractivity contribution in [1.29, 1.82) is 0 Å². The van der Waals surface area contributed by atoms with Crippen LogP contribution in [0.5, 0.6) is 5.75 Å². The van der Waals surface area contributed by atoms with Crippen LogP contribution >= 0.6 is 0 Å². The van der Waals surface area contributed by atoms with Crippen molar-refractivity contribution in [2.75, 3.05) is 0 Å². The Morgan fingerprint density at radius 1 is 1.43 bits per heavy atom. The number of hydrogen-bond donors (Lipinski definition) is 0. The third kappa shape index (κ3) is 2.99. The highest BCUT2D eigenvalue weighted by atomic mass is 16.5.